The molecule has 5 rings (SSSR count). The first-order valence-electron chi connectivity index (χ1n) is 11.7. The molecule has 36 heavy (non-hydrogen) atoms. The Labute approximate surface area is 205 Å². The molecule has 12 heteroatoms. The Morgan fingerprint density at radius 2 is 1.89 bits per heavy atom. The van der Waals surface area contributed by atoms with Crippen molar-refractivity contribution in [3.8, 4) is 28.4 Å². The zero-order valence-electron chi connectivity index (χ0n) is 20.2. The van der Waals surface area contributed by atoms with Crippen LogP contribution in [0.25, 0.3) is 28.3 Å². The Kier molecular flexibility index (Phi) is 6.29. The number of H-pyrrole nitrogens is 1. The summed E-state index contributed by atoms with van der Waals surface area (Å²) < 4.78 is 47.7. The molecule has 4 aromatic heterocycles. The molecule has 1 saturated heterocycles. The molecular weight excluding hydrogens is 473 g/mol. The topological polar surface area (TPSA) is 87.5 Å². The van der Waals surface area contributed by atoms with Crippen molar-refractivity contribution in [1.82, 2.24) is 34.7 Å². The molecule has 0 spiro atoms. The fraction of sp³-hybridized carbons (Fsp3) is 0.417. The number of rotatable bonds is 6. The summed E-state index contributed by atoms with van der Waals surface area (Å²) in [6, 6.07) is 5.75. The van der Waals surface area contributed by atoms with E-state index in [1.165, 1.54) is 18.0 Å². The van der Waals surface area contributed by atoms with Gasteiger partial charge in [-0.15, -0.1) is 0 Å². The number of piperazine rings is 1. The second-order valence-corrected chi connectivity index (χ2v) is 9.06. The maximum Gasteiger partial charge on any atom is 0.393 e. The van der Waals surface area contributed by atoms with E-state index in [1.807, 2.05) is 6.07 Å². The Morgan fingerprint density at radius 3 is 2.53 bits per heavy atom. The number of hydrogen-bond donors (Lipinski definition) is 1. The van der Waals surface area contributed by atoms with Gasteiger partial charge in [0.2, 0.25) is 0 Å². The number of fused-ring (bicyclic) bond motifs is 1. The number of hydrogen-bond acceptors (Lipinski definition) is 7. The number of halogens is 3. The molecule has 5 heterocycles. The van der Waals surface area contributed by atoms with Crippen LogP contribution in [0.5, 0.6) is 5.75 Å². The maximum absolute atomic E-state index is 13.6. The van der Waals surface area contributed by atoms with E-state index in [-0.39, 0.29) is 17.0 Å². The summed E-state index contributed by atoms with van der Waals surface area (Å²) in [5.41, 5.74) is 2.62. The molecule has 0 aromatic carbocycles. The quantitative estimate of drug-likeness (QED) is 0.431. The Bertz CT molecular complexity index is 1340. The van der Waals surface area contributed by atoms with Crippen LogP contribution in [0.15, 0.2) is 36.9 Å². The SMILES string of the molecule is COc1cc(-c2n[nH]c(-c3ccc(N4CCN(C(C)C)CC4)cn3)c2CC(F)(F)F)cn2ncnc12. The summed E-state index contributed by atoms with van der Waals surface area (Å²) >= 11 is 0. The lowest BCUT2D eigenvalue weighted by molar-refractivity contribution is -0.127. The van der Waals surface area contributed by atoms with E-state index in [0.29, 0.717) is 28.7 Å². The van der Waals surface area contributed by atoms with Gasteiger partial charge in [-0.1, -0.05) is 0 Å². The minimum Gasteiger partial charge on any atom is -0.493 e. The van der Waals surface area contributed by atoms with Gasteiger partial charge in [0, 0.05) is 49.5 Å². The molecule has 9 nitrogen and oxygen atoms in total. The van der Waals surface area contributed by atoms with Crippen molar-refractivity contribution in [2.75, 3.05) is 38.2 Å². The summed E-state index contributed by atoms with van der Waals surface area (Å²) in [6.45, 7) is 8.03. The first-order chi connectivity index (χ1) is 17.2. The van der Waals surface area contributed by atoms with Crippen LogP contribution in [-0.2, 0) is 6.42 Å². The van der Waals surface area contributed by atoms with Gasteiger partial charge in [0.05, 0.1) is 42.5 Å². The predicted octanol–water partition coefficient (Wildman–Crippen LogP) is 3.83. The summed E-state index contributed by atoms with van der Waals surface area (Å²) in [7, 11) is 1.47. The zero-order chi connectivity index (χ0) is 25.4. The van der Waals surface area contributed by atoms with Crippen LogP contribution < -0.4 is 9.64 Å². The van der Waals surface area contributed by atoms with Crippen molar-refractivity contribution in [1.29, 1.82) is 0 Å². The van der Waals surface area contributed by atoms with Crippen LogP contribution in [0.2, 0.25) is 0 Å². The Balaban J connectivity index is 1.48. The molecular formula is C24H27F3N8O. The number of aromatic nitrogens is 6. The normalized spacial score (nSPS) is 15.2. The monoisotopic (exact) mass is 500 g/mol. The summed E-state index contributed by atoms with van der Waals surface area (Å²) in [6.07, 6.45) is -0.958. The van der Waals surface area contributed by atoms with Crippen molar-refractivity contribution >= 4 is 11.3 Å². The number of ether oxygens (including phenoxy) is 1. The molecule has 0 aliphatic carbocycles. The van der Waals surface area contributed by atoms with E-state index in [1.54, 1.807) is 24.5 Å². The molecule has 1 aliphatic heterocycles. The number of aromatic amines is 1. The van der Waals surface area contributed by atoms with Gasteiger partial charge in [-0.05, 0) is 32.0 Å². The van der Waals surface area contributed by atoms with Gasteiger partial charge in [0.25, 0.3) is 0 Å². The average Bonchev–Trinajstić information content (AvgIpc) is 3.49. The molecule has 0 unspecified atom stereocenters. The minimum absolute atomic E-state index is 0.00909. The highest BCUT2D eigenvalue weighted by Crippen LogP contribution is 2.36. The van der Waals surface area contributed by atoms with E-state index in [2.05, 4.69) is 48.9 Å². The highest BCUT2D eigenvalue weighted by atomic mass is 19.4. The molecule has 1 fully saturated rings. The van der Waals surface area contributed by atoms with Gasteiger partial charge >= 0.3 is 6.18 Å². The fourth-order valence-corrected chi connectivity index (χ4v) is 4.58. The molecule has 4 aromatic rings. The lowest BCUT2D eigenvalue weighted by Gasteiger charge is -2.38. The van der Waals surface area contributed by atoms with Gasteiger partial charge in [0.15, 0.2) is 11.4 Å². The van der Waals surface area contributed by atoms with Crippen LogP contribution in [-0.4, -0.2) is 80.2 Å². The van der Waals surface area contributed by atoms with Crippen molar-refractivity contribution in [2.24, 2.45) is 0 Å². The number of methoxy groups -OCH3 is 1. The van der Waals surface area contributed by atoms with Crippen LogP contribution in [0.3, 0.4) is 0 Å². The molecule has 0 saturated carbocycles. The number of pyridine rings is 2. The predicted molar refractivity (Wildman–Crippen MR) is 129 cm³/mol. The fourth-order valence-electron chi connectivity index (χ4n) is 4.58. The van der Waals surface area contributed by atoms with Crippen molar-refractivity contribution in [3.05, 3.63) is 42.5 Å². The highest BCUT2D eigenvalue weighted by molar-refractivity contribution is 5.75. The van der Waals surface area contributed by atoms with Crippen LogP contribution >= 0.6 is 0 Å². The third-order valence-corrected chi connectivity index (χ3v) is 6.49. The first kappa shape index (κ1) is 24.0. The van der Waals surface area contributed by atoms with Gasteiger partial charge < -0.3 is 9.64 Å². The second-order valence-electron chi connectivity index (χ2n) is 9.06. The largest absolute Gasteiger partial charge is 0.493 e. The van der Waals surface area contributed by atoms with E-state index in [9.17, 15) is 13.2 Å². The van der Waals surface area contributed by atoms with Crippen molar-refractivity contribution in [2.45, 2.75) is 32.5 Å². The maximum atomic E-state index is 13.6. The molecule has 0 atom stereocenters. The van der Waals surface area contributed by atoms with Gasteiger partial charge in [-0.25, -0.2) is 9.50 Å². The molecule has 0 bridgehead atoms. The van der Waals surface area contributed by atoms with Crippen LogP contribution in [0, 0.1) is 0 Å². The second kappa shape index (κ2) is 9.41. The standard InChI is InChI=1S/C24H27F3N8O/c1-15(2)33-6-8-34(9-7-33)17-4-5-19(28-12-17)22-18(11-24(25,26)27)21(31-32-22)16-10-20(36-3)23-29-14-30-35(23)13-16/h4-5,10,12-15H,6-9,11H2,1-3H3,(H,31,32). The molecule has 1 aliphatic rings. The Hall–Kier alpha value is -3.67. The van der Waals surface area contributed by atoms with Gasteiger partial charge in [-0.2, -0.15) is 23.4 Å². The minimum atomic E-state index is -4.44. The number of alkyl halides is 3. The molecule has 0 radical (unpaired) electrons. The Morgan fingerprint density at radius 1 is 1.11 bits per heavy atom. The van der Waals surface area contributed by atoms with E-state index >= 15 is 0 Å². The number of nitrogens with one attached hydrogen (secondary N) is 1. The summed E-state index contributed by atoms with van der Waals surface area (Å²) in [4.78, 5) is 13.3. The lowest BCUT2D eigenvalue weighted by Crippen LogP contribution is -2.48. The highest BCUT2D eigenvalue weighted by Gasteiger charge is 2.33. The summed E-state index contributed by atoms with van der Waals surface area (Å²) in [5.74, 6) is 0.382. The molecule has 0 amide bonds. The summed E-state index contributed by atoms with van der Waals surface area (Å²) in [5, 5.41) is 11.1. The lowest BCUT2D eigenvalue weighted by atomic mass is 10.0. The van der Waals surface area contributed by atoms with E-state index in [0.717, 1.165) is 31.9 Å². The first-order valence-corrected chi connectivity index (χ1v) is 11.7. The zero-order valence-corrected chi connectivity index (χ0v) is 20.2. The third kappa shape index (κ3) is 4.72. The number of nitrogens with zero attached hydrogens (tertiary/aromatic N) is 7. The van der Waals surface area contributed by atoms with Crippen molar-refractivity contribution in [3.63, 3.8) is 0 Å². The molecule has 1 N–H and O–H groups in total. The van der Waals surface area contributed by atoms with E-state index in [4.69, 9.17) is 4.74 Å². The van der Waals surface area contributed by atoms with Gasteiger partial charge in [-0.3, -0.25) is 15.0 Å². The van der Waals surface area contributed by atoms with Crippen LogP contribution in [0.4, 0.5) is 18.9 Å². The third-order valence-electron chi connectivity index (χ3n) is 6.49. The molecule has 190 valence electrons. The smallest absolute Gasteiger partial charge is 0.393 e. The van der Waals surface area contributed by atoms with Crippen LogP contribution in [0.1, 0.15) is 19.4 Å². The van der Waals surface area contributed by atoms with E-state index < -0.39 is 12.6 Å². The van der Waals surface area contributed by atoms with Gasteiger partial charge in [0.1, 0.15) is 6.33 Å². The number of anilines is 1. The average molecular weight is 501 g/mol. The van der Waals surface area contributed by atoms with Crippen molar-refractivity contribution < 1.29 is 17.9 Å².